The highest BCUT2D eigenvalue weighted by atomic mass is 35.5. The quantitative estimate of drug-likeness (QED) is 0.627. The molecule has 0 radical (unpaired) electrons. The van der Waals surface area contributed by atoms with Crippen LogP contribution in [-0.2, 0) is 12.8 Å². The van der Waals surface area contributed by atoms with Crippen LogP contribution in [0.4, 0.5) is 4.39 Å². The third kappa shape index (κ3) is 4.32. The largest absolute Gasteiger partial charge is 0.457 e. The Hall–Kier alpha value is -2.36. The molecule has 0 bridgehead atoms. The molecular weight excluding hydrogens is 361 g/mol. The number of rotatable bonds is 5. The van der Waals surface area contributed by atoms with Gasteiger partial charge in [0.25, 0.3) is 0 Å². The van der Waals surface area contributed by atoms with Crippen molar-refractivity contribution < 1.29 is 9.13 Å². The molecule has 0 unspecified atom stereocenters. The van der Waals surface area contributed by atoms with E-state index in [-0.39, 0.29) is 18.2 Å². The number of fused-ring (bicyclic) bond motifs is 1. The molecule has 3 aromatic carbocycles. The van der Waals surface area contributed by atoms with Gasteiger partial charge in [-0.2, -0.15) is 0 Å². The summed E-state index contributed by atoms with van der Waals surface area (Å²) >= 11 is 0. The van der Waals surface area contributed by atoms with E-state index in [4.69, 9.17) is 4.74 Å². The first-order valence-electron chi connectivity index (χ1n) is 9.00. The predicted octanol–water partition coefficient (Wildman–Crippen LogP) is 5.51. The highest BCUT2D eigenvalue weighted by molar-refractivity contribution is 5.85. The molecule has 1 aliphatic carbocycles. The SMILES string of the molecule is CN[C@@H]1Cc2ccccc2[C@@H]1Cc1ccc(Oc2ccc(F)cc2)cc1.Cl. The number of benzene rings is 3. The zero-order valence-corrected chi connectivity index (χ0v) is 16.0. The van der Waals surface area contributed by atoms with Gasteiger partial charge in [-0.25, -0.2) is 4.39 Å². The standard InChI is InChI=1S/C23H22FNO.ClH/c1-25-23-15-17-4-2-3-5-21(17)22(23)14-16-6-10-19(11-7-16)26-20-12-8-18(24)9-13-20;/h2-13,22-23,25H,14-15H2,1H3;1H/t22-,23+;/m0./s1. The maximum atomic E-state index is 13.0. The molecule has 4 heteroatoms. The van der Waals surface area contributed by atoms with Crippen LogP contribution in [0.2, 0.25) is 0 Å². The normalized spacial score (nSPS) is 17.9. The lowest BCUT2D eigenvalue weighted by Gasteiger charge is -2.20. The fourth-order valence-electron chi connectivity index (χ4n) is 3.82. The van der Waals surface area contributed by atoms with E-state index < -0.39 is 0 Å². The van der Waals surface area contributed by atoms with Gasteiger partial charge in [-0.3, -0.25) is 0 Å². The Morgan fingerprint density at radius 2 is 1.56 bits per heavy atom. The molecule has 0 spiro atoms. The molecular formula is C23H23ClFNO. The van der Waals surface area contributed by atoms with Crippen LogP contribution in [0.1, 0.15) is 22.6 Å². The minimum absolute atomic E-state index is 0. The van der Waals surface area contributed by atoms with Gasteiger partial charge in [0.05, 0.1) is 0 Å². The zero-order valence-electron chi connectivity index (χ0n) is 15.2. The van der Waals surface area contributed by atoms with Crippen molar-refractivity contribution in [2.24, 2.45) is 0 Å². The summed E-state index contributed by atoms with van der Waals surface area (Å²) in [4.78, 5) is 0. The first-order valence-corrected chi connectivity index (χ1v) is 9.00. The van der Waals surface area contributed by atoms with E-state index in [0.717, 1.165) is 18.6 Å². The maximum absolute atomic E-state index is 13.0. The van der Waals surface area contributed by atoms with Crippen LogP contribution in [0.15, 0.2) is 72.8 Å². The molecule has 140 valence electrons. The van der Waals surface area contributed by atoms with Gasteiger partial charge >= 0.3 is 0 Å². The van der Waals surface area contributed by atoms with Crippen molar-refractivity contribution in [2.45, 2.75) is 24.8 Å². The van der Waals surface area contributed by atoms with E-state index in [1.54, 1.807) is 12.1 Å². The number of nitrogens with one attached hydrogen (secondary N) is 1. The number of hydrogen-bond acceptors (Lipinski definition) is 2. The fourth-order valence-corrected chi connectivity index (χ4v) is 3.82. The van der Waals surface area contributed by atoms with Crippen molar-refractivity contribution in [2.75, 3.05) is 7.05 Å². The fraction of sp³-hybridized carbons (Fsp3) is 0.217. The van der Waals surface area contributed by atoms with Crippen molar-refractivity contribution in [3.63, 3.8) is 0 Å². The van der Waals surface area contributed by atoms with Gasteiger partial charge in [-0.05, 0) is 73.0 Å². The average Bonchev–Trinajstić information content (AvgIpc) is 3.03. The summed E-state index contributed by atoms with van der Waals surface area (Å²) in [7, 11) is 2.04. The average molecular weight is 384 g/mol. The predicted molar refractivity (Wildman–Crippen MR) is 110 cm³/mol. The molecule has 0 aliphatic heterocycles. The van der Waals surface area contributed by atoms with E-state index >= 15 is 0 Å². The first-order chi connectivity index (χ1) is 12.7. The molecule has 0 amide bonds. The molecule has 2 nitrogen and oxygen atoms in total. The topological polar surface area (TPSA) is 21.3 Å². The second kappa shape index (κ2) is 8.55. The third-order valence-corrected chi connectivity index (χ3v) is 5.18. The number of hydrogen-bond donors (Lipinski definition) is 1. The van der Waals surface area contributed by atoms with Crippen molar-refractivity contribution in [3.05, 3.63) is 95.3 Å². The summed E-state index contributed by atoms with van der Waals surface area (Å²) in [6.45, 7) is 0. The molecule has 1 N–H and O–H groups in total. The Labute approximate surface area is 165 Å². The van der Waals surface area contributed by atoms with Gasteiger partial charge in [0.15, 0.2) is 0 Å². The Bertz CT molecular complexity index is 880. The van der Waals surface area contributed by atoms with Gasteiger partial charge in [0.2, 0.25) is 0 Å². The lowest BCUT2D eigenvalue weighted by molar-refractivity contribution is 0.478. The Morgan fingerprint density at radius 3 is 2.22 bits per heavy atom. The number of ether oxygens (including phenoxy) is 1. The van der Waals surface area contributed by atoms with E-state index in [9.17, 15) is 4.39 Å². The molecule has 2 atom stereocenters. The van der Waals surface area contributed by atoms with Crippen LogP contribution < -0.4 is 10.1 Å². The number of likely N-dealkylation sites (N-methyl/N-ethyl adjacent to an activating group) is 1. The molecule has 0 saturated carbocycles. The zero-order chi connectivity index (χ0) is 17.9. The summed E-state index contributed by atoms with van der Waals surface area (Å²) in [5.41, 5.74) is 4.20. The van der Waals surface area contributed by atoms with E-state index in [2.05, 4.69) is 41.7 Å². The maximum Gasteiger partial charge on any atom is 0.127 e. The van der Waals surface area contributed by atoms with Gasteiger partial charge < -0.3 is 10.1 Å². The molecule has 0 saturated heterocycles. The van der Waals surface area contributed by atoms with E-state index in [1.165, 1.54) is 28.8 Å². The summed E-state index contributed by atoms with van der Waals surface area (Å²) in [6, 6.07) is 23.5. The summed E-state index contributed by atoms with van der Waals surface area (Å²) < 4.78 is 18.8. The second-order valence-corrected chi connectivity index (χ2v) is 6.81. The van der Waals surface area contributed by atoms with Gasteiger partial charge in [0.1, 0.15) is 17.3 Å². The van der Waals surface area contributed by atoms with Crippen molar-refractivity contribution in [3.8, 4) is 11.5 Å². The number of halogens is 2. The smallest absolute Gasteiger partial charge is 0.127 e. The van der Waals surface area contributed by atoms with Crippen molar-refractivity contribution >= 4 is 12.4 Å². The minimum atomic E-state index is -0.261. The Morgan fingerprint density at radius 1 is 0.926 bits per heavy atom. The van der Waals surface area contributed by atoms with Crippen LogP contribution in [0.5, 0.6) is 11.5 Å². The third-order valence-electron chi connectivity index (χ3n) is 5.18. The first kappa shape index (κ1) is 19.4. The van der Waals surface area contributed by atoms with E-state index in [0.29, 0.717) is 17.7 Å². The lowest BCUT2D eigenvalue weighted by atomic mass is 9.91. The molecule has 3 aromatic rings. The molecule has 0 fully saturated rings. The molecule has 0 aromatic heterocycles. The van der Waals surface area contributed by atoms with Crippen molar-refractivity contribution in [1.29, 1.82) is 0 Å². The monoisotopic (exact) mass is 383 g/mol. The van der Waals surface area contributed by atoms with Gasteiger partial charge in [-0.15, -0.1) is 12.4 Å². The highest BCUT2D eigenvalue weighted by Gasteiger charge is 2.30. The summed E-state index contributed by atoms with van der Waals surface area (Å²) in [5.74, 6) is 1.63. The minimum Gasteiger partial charge on any atom is -0.457 e. The van der Waals surface area contributed by atoms with Crippen LogP contribution in [-0.4, -0.2) is 13.1 Å². The summed E-state index contributed by atoms with van der Waals surface area (Å²) in [5, 5.41) is 3.47. The highest BCUT2D eigenvalue weighted by Crippen LogP contribution is 2.36. The molecule has 0 heterocycles. The molecule has 4 rings (SSSR count). The van der Waals surface area contributed by atoms with Gasteiger partial charge in [0, 0.05) is 12.0 Å². The van der Waals surface area contributed by atoms with E-state index in [1.807, 2.05) is 19.2 Å². The van der Waals surface area contributed by atoms with Crippen molar-refractivity contribution in [1.82, 2.24) is 5.32 Å². The Balaban J connectivity index is 0.00000210. The van der Waals surface area contributed by atoms with Crippen LogP contribution in [0, 0.1) is 5.82 Å². The molecule has 27 heavy (non-hydrogen) atoms. The van der Waals surface area contributed by atoms with Crippen LogP contribution >= 0.6 is 12.4 Å². The Kier molecular flexibility index (Phi) is 6.15. The molecule has 1 aliphatic rings. The summed E-state index contributed by atoms with van der Waals surface area (Å²) in [6.07, 6.45) is 2.09. The van der Waals surface area contributed by atoms with Crippen LogP contribution in [0.25, 0.3) is 0 Å². The lowest BCUT2D eigenvalue weighted by Crippen LogP contribution is -2.30. The van der Waals surface area contributed by atoms with Gasteiger partial charge in [-0.1, -0.05) is 36.4 Å². The second-order valence-electron chi connectivity index (χ2n) is 6.81. The van der Waals surface area contributed by atoms with Crippen LogP contribution in [0.3, 0.4) is 0 Å².